The summed E-state index contributed by atoms with van der Waals surface area (Å²) in [7, 11) is -3.27. The predicted octanol–water partition coefficient (Wildman–Crippen LogP) is 1.69. The molecule has 0 spiro atoms. The summed E-state index contributed by atoms with van der Waals surface area (Å²) in [5.74, 6) is 0. The Kier molecular flexibility index (Phi) is 2.77. The van der Waals surface area contributed by atoms with Crippen LogP contribution in [0.25, 0.3) is 0 Å². The van der Waals surface area contributed by atoms with E-state index in [2.05, 4.69) is 5.32 Å². The van der Waals surface area contributed by atoms with Gasteiger partial charge in [-0.1, -0.05) is 18.2 Å². The molecule has 3 nitrogen and oxygen atoms in total. The van der Waals surface area contributed by atoms with Crippen molar-refractivity contribution in [3.8, 4) is 0 Å². The second kappa shape index (κ2) is 4.06. The van der Waals surface area contributed by atoms with Gasteiger partial charge in [-0.05, 0) is 25.0 Å². The number of hydrogen-bond donors (Lipinski definition) is 1. The average Bonchev–Trinajstić information content (AvgIpc) is 2.71. The highest BCUT2D eigenvalue weighted by atomic mass is 32.2. The SMILES string of the molecule is O=S(=O)(/C=C1/CCCN1)c1ccccc1. The molecule has 0 saturated carbocycles. The number of nitrogens with one attached hydrogen (secondary N) is 1. The zero-order valence-electron chi connectivity index (χ0n) is 8.31. The Bertz CT molecular complexity index is 455. The Morgan fingerprint density at radius 3 is 2.53 bits per heavy atom. The van der Waals surface area contributed by atoms with Gasteiger partial charge in [0.2, 0.25) is 9.84 Å². The van der Waals surface area contributed by atoms with E-state index in [9.17, 15) is 8.42 Å². The molecule has 0 atom stereocenters. The molecule has 1 aromatic rings. The van der Waals surface area contributed by atoms with Crippen LogP contribution in [0.3, 0.4) is 0 Å². The molecule has 1 saturated heterocycles. The van der Waals surface area contributed by atoms with Gasteiger partial charge in [-0.3, -0.25) is 0 Å². The molecule has 1 fully saturated rings. The molecule has 1 N–H and O–H groups in total. The predicted molar refractivity (Wildman–Crippen MR) is 58.9 cm³/mol. The molecule has 0 amide bonds. The van der Waals surface area contributed by atoms with E-state index in [1.165, 1.54) is 5.41 Å². The first-order valence-electron chi connectivity index (χ1n) is 4.93. The molecule has 0 aliphatic carbocycles. The minimum Gasteiger partial charge on any atom is -0.388 e. The lowest BCUT2D eigenvalue weighted by molar-refractivity contribution is 0.604. The van der Waals surface area contributed by atoms with Crippen LogP contribution in [0.15, 0.2) is 46.3 Å². The molecule has 2 rings (SSSR count). The maximum absolute atomic E-state index is 11.9. The van der Waals surface area contributed by atoms with Gasteiger partial charge in [0, 0.05) is 12.2 Å². The normalized spacial score (nSPS) is 19.1. The van der Waals surface area contributed by atoms with E-state index < -0.39 is 9.84 Å². The molecule has 80 valence electrons. The monoisotopic (exact) mass is 223 g/mol. The number of hydrogen-bond acceptors (Lipinski definition) is 3. The van der Waals surface area contributed by atoms with Gasteiger partial charge in [0.25, 0.3) is 0 Å². The fourth-order valence-corrected chi connectivity index (χ4v) is 2.83. The van der Waals surface area contributed by atoms with Gasteiger partial charge in [-0.25, -0.2) is 8.42 Å². The molecule has 1 aromatic carbocycles. The Morgan fingerprint density at radius 1 is 1.20 bits per heavy atom. The van der Waals surface area contributed by atoms with Gasteiger partial charge in [0.05, 0.1) is 10.3 Å². The van der Waals surface area contributed by atoms with E-state index in [4.69, 9.17) is 0 Å². The van der Waals surface area contributed by atoms with Crippen LogP contribution in [0.4, 0.5) is 0 Å². The largest absolute Gasteiger partial charge is 0.388 e. The van der Waals surface area contributed by atoms with Crippen molar-refractivity contribution in [3.05, 3.63) is 41.4 Å². The Labute approximate surface area is 89.7 Å². The summed E-state index contributed by atoms with van der Waals surface area (Å²) in [6, 6.07) is 8.49. The van der Waals surface area contributed by atoms with Crippen molar-refractivity contribution in [1.82, 2.24) is 5.32 Å². The number of rotatable bonds is 2. The molecular formula is C11H13NO2S. The number of allylic oxidation sites excluding steroid dienone is 1. The smallest absolute Gasteiger partial charge is 0.201 e. The lowest BCUT2D eigenvalue weighted by Crippen LogP contribution is -2.06. The van der Waals surface area contributed by atoms with Crippen LogP contribution >= 0.6 is 0 Å². The summed E-state index contributed by atoms with van der Waals surface area (Å²) >= 11 is 0. The van der Waals surface area contributed by atoms with Crippen molar-refractivity contribution in [2.24, 2.45) is 0 Å². The molecule has 1 aliphatic rings. The third-order valence-corrected chi connectivity index (χ3v) is 3.87. The fourth-order valence-electron chi connectivity index (χ4n) is 1.58. The number of sulfone groups is 1. The van der Waals surface area contributed by atoms with Gasteiger partial charge in [0.1, 0.15) is 0 Å². The molecule has 4 heteroatoms. The van der Waals surface area contributed by atoms with Crippen molar-refractivity contribution in [3.63, 3.8) is 0 Å². The lowest BCUT2D eigenvalue weighted by Gasteiger charge is -2.01. The summed E-state index contributed by atoms with van der Waals surface area (Å²) in [5.41, 5.74) is 0.818. The fraction of sp³-hybridized carbons (Fsp3) is 0.273. The molecule has 0 aromatic heterocycles. The van der Waals surface area contributed by atoms with Crippen LogP contribution in [-0.4, -0.2) is 15.0 Å². The molecule has 0 radical (unpaired) electrons. The second-order valence-corrected chi connectivity index (χ2v) is 5.33. The first-order chi connectivity index (χ1) is 7.18. The first kappa shape index (κ1) is 10.2. The zero-order chi connectivity index (χ0) is 10.7. The van der Waals surface area contributed by atoms with E-state index in [-0.39, 0.29) is 0 Å². The van der Waals surface area contributed by atoms with Crippen molar-refractivity contribution < 1.29 is 8.42 Å². The van der Waals surface area contributed by atoms with Crippen LogP contribution < -0.4 is 5.32 Å². The summed E-state index contributed by atoms with van der Waals surface area (Å²) < 4.78 is 23.7. The molecule has 0 bridgehead atoms. The zero-order valence-corrected chi connectivity index (χ0v) is 9.13. The van der Waals surface area contributed by atoms with E-state index in [0.29, 0.717) is 4.90 Å². The summed E-state index contributed by atoms with van der Waals surface area (Å²) in [5, 5.41) is 4.41. The third kappa shape index (κ3) is 2.39. The quantitative estimate of drug-likeness (QED) is 0.829. The van der Waals surface area contributed by atoms with E-state index >= 15 is 0 Å². The topological polar surface area (TPSA) is 46.2 Å². The molecule has 15 heavy (non-hydrogen) atoms. The lowest BCUT2D eigenvalue weighted by atomic mass is 10.3. The minimum absolute atomic E-state index is 0.353. The van der Waals surface area contributed by atoms with Crippen molar-refractivity contribution in [1.29, 1.82) is 0 Å². The van der Waals surface area contributed by atoms with Gasteiger partial charge in [-0.15, -0.1) is 0 Å². The molecule has 0 unspecified atom stereocenters. The van der Waals surface area contributed by atoms with Crippen LogP contribution in [0.1, 0.15) is 12.8 Å². The van der Waals surface area contributed by atoms with Crippen molar-refractivity contribution in [2.75, 3.05) is 6.54 Å². The van der Waals surface area contributed by atoms with E-state index in [1.807, 2.05) is 0 Å². The Balaban J connectivity index is 2.32. The van der Waals surface area contributed by atoms with Gasteiger partial charge >= 0.3 is 0 Å². The standard InChI is InChI=1S/C11H13NO2S/c13-15(14,9-10-5-4-8-12-10)11-6-2-1-3-7-11/h1-3,6-7,9,12H,4-5,8H2/b10-9-. The van der Waals surface area contributed by atoms with Crippen LogP contribution in [0.2, 0.25) is 0 Å². The number of benzene rings is 1. The van der Waals surface area contributed by atoms with Crippen LogP contribution in [0.5, 0.6) is 0 Å². The molecular weight excluding hydrogens is 210 g/mol. The minimum atomic E-state index is -3.27. The van der Waals surface area contributed by atoms with Crippen LogP contribution in [0, 0.1) is 0 Å². The summed E-state index contributed by atoms with van der Waals surface area (Å²) in [4.78, 5) is 0.353. The highest BCUT2D eigenvalue weighted by molar-refractivity contribution is 7.94. The van der Waals surface area contributed by atoms with Gasteiger partial charge in [0.15, 0.2) is 0 Å². The maximum Gasteiger partial charge on any atom is 0.201 e. The first-order valence-corrected chi connectivity index (χ1v) is 6.48. The average molecular weight is 223 g/mol. The van der Waals surface area contributed by atoms with Crippen molar-refractivity contribution >= 4 is 9.84 Å². The highest BCUT2D eigenvalue weighted by Gasteiger charge is 2.14. The van der Waals surface area contributed by atoms with Crippen LogP contribution in [-0.2, 0) is 9.84 Å². The third-order valence-electron chi connectivity index (χ3n) is 2.34. The van der Waals surface area contributed by atoms with E-state index in [1.54, 1.807) is 30.3 Å². The highest BCUT2D eigenvalue weighted by Crippen LogP contribution is 2.16. The molecule has 1 aliphatic heterocycles. The summed E-state index contributed by atoms with van der Waals surface area (Å²) in [6.07, 6.45) is 1.84. The van der Waals surface area contributed by atoms with Gasteiger partial charge in [-0.2, -0.15) is 0 Å². The van der Waals surface area contributed by atoms with Crippen molar-refractivity contribution in [2.45, 2.75) is 17.7 Å². The molecule has 1 heterocycles. The second-order valence-electron chi connectivity index (χ2n) is 3.53. The maximum atomic E-state index is 11.9. The Hall–Kier alpha value is -1.29. The summed E-state index contributed by atoms with van der Waals surface area (Å²) in [6.45, 7) is 0.871. The van der Waals surface area contributed by atoms with Gasteiger partial charge < -0.3 is 5.32 Å². The van der Waals surface area contributed by atoms with E-state index in [0.717, 1.165) is 25.1 Å². The Morgan fingerprint density at radius 2 is 1.93 bits per heavy atom.